The van der Waals surface area contributed by atoms with Crippen molar-refractivity contribution < 1.29 is 4.92 Å². The van der Waals surface area contributed by atoms with Gasteiger partial charge in [-0.1, -0.05) is 59.8 Å². The summed E-state index contributed by atoms with van der Waals surface area (Å²) in [6.45, 7) is 0. The van der Waals surface area contributed by atoms with Gasteiger partial charge < -0.3 is 5.73 Å². The molecule has 0 bridgehead atoms. The molecule has 0 aliphatic rings. The zero-order chi connectivity index (χ0) is 21.0. The van der Waals surface area contributed by atoms with Crippen molar-refractivity contribution in [2.75, 3.05) is 5.73 Å². The average molecular weight is 422 g/mol. The van der Waals surface area contributed by atoms with Gasteiger partial charge in [0.15, 0.2) is 0 Å². The number of hydrogen-bond donors (Lipinski definition) is 1. The number of para-hydroxylation sites is 1. The van der Waals surface area contributed by atoms with E-state index >= 15 is 0 Å². The lowest BCUT2D eigenvalue weighted by Crippen LogP contribution is -2.04. The Bertz CT molecular complexity index is 1200. The van der Waals surface area contributed by atoms with Crippen LogP contribution in [0.3, 0.4) is 0 Å². The molecule has 1 heterocycles. The minimum absolute atomic E-state index is 0.0218. The number of hydrogen-bond acceptors (Lipinski definition) is 7. The van der Waals surface area contributed by atoms with Gasteiger partial charge in [-0.15, -0.1) is 0 Å². The number of nitrogens with two attached hydrogens (primary N) is 1. The van der Waals surface area contributed by atoms with E-state index in [1.807, 2.05) is 6.07 Å². The molecule has 9 heteroatoms. The first kappa shape index (κ1) is 20.2. The molecule has 29 heavy (non-hydrogen) atoms. The molecule has 2 aromatic carbocycles. The summed E-state index contributed by atoms with van der Waals surface area (Å²) >= 11 is 7.42. The summed E-state index contributed by atoms with van der Waals surface area (Å²) in [5.41, 5.74) is 7.44. The number of halogens is 1. The van der Waals surface area contributed by atoms with E-state index < -0.39 is 4.92 Å². The SMILES string of the molecule is N#Cc1c(N)nc(SCc2ccccc2[N+](=O)[O-])c(C#N)c1-c1ccccc1Cl. The van der Waals surface area contributed by atoms with Crippen LogP contribution in [0.1, 0.15) is 16.7 Å². The van der Waals surface area contributed by atoms with Crippen LogP contribution in [0.2, 0.25) is 5.02 Å². The number of anilines is 1. The smallest absolute Gasteiger partial charge is 0.273 e. The Kier molecular flexibility index (Phi) is 5.99. The predicted molar refractivity (Wildman–Crippen MR) is 111 cm³/mol. The van der Waals surface area contributed by atoms with Gasteiger partial charge in [0.25, 0.3) is 5.69 Å². The maximum atomic E-state index is 11.2. The van der Waals surface area contributed by atoms with Crippen molar-refractivity contribution >= 4 is 34.9 Å². The van der Waals surface area contributed by atoms with Gasteiger partial charge in [0.1, 0.15) is 28.5 Å². The van der Waals surface area contributed by atoms with Gasteiger partial charge in [0.05, 0.1) is 10.5 Å². The van der Waals surface area contributed by atoms with E-state index in [2.05, 4.69) is 11.1 Å². The molecule has 0 aliphatic heterocycles. The van der Waals surface area contributed by atoms with Gasteiger partial charge in [-0.2, -0.15) is 10.5 Å². The standard InChI is InChI=1S/C20H12ClN5O2S/c21-16-7-3-2-6-13(16)18-14(9-22)19(24)25-20(15(18)10-23)29-11-12-5-1-4-8-17(12)26(27)28/h1-8H,11H2,(H2,24,25). The fourth-order valence-corrected chi connectivity index (χ4v) is 4.01. The molecule has 7 nitrogen and oxygen atoms in total. The lowest BCUT2D eigenvalue weighted by atomic mass is 9.97. The molecule has 142 valence electrons. The number of pyridine rings is 1. The van der Waals surface area contributed by atoms with Gasteiger partial charge in [-0.25, -0.2) is 4.98 Å². The molecule has 1 aromatic heterocycles. The Hall–Kier alpha value is -3.59. The molecule has 3 rings (SSSR count). The van der Waals surface area contributed by atoms with Crippen LogP contribution in [-0.4, -0.2) is 9.91 Å². The fraction of sp³-hybridized carbons (Fsp3) is 0.0500. The number of nitrogen functional groups attached to an aromatic ring is 1. The minimum atomic E-state index is -0.461. The Morgan fingerprint density at radius 1 is 1.10 bits per heavy atom. The number of nitro benzene ring substituents is 1. The number of nitro groups is 1. The Morgan fingerprint density at radius 2 is 1.76 bits per heavy atom. The van der Waals surface area contributed by atoms with E-state index in [9.17, 15) is 20.6 Å². The largest absolute Gasteiger partial charge is 0.383 e. The van der Waals surface area contributed by atoms with Crippen molar-refractivity contribution in [3.63, 3.8) is 0 Å². The topological polar surface area (TPSA) is 130 Å². The van der Waals surface area contributed by atoms with Gasteiger partial charge in [0.2, 0.25) is 0 Å². The molecule has 0 saturated carbocycles. The second kappa shape index (κ2) is 8.61. The highest BCUT2D eigenvalue weighted by Gasteiger charge is 2.22. The molecule has 0 radical (unpaired) electrons. The van der Waals surface area contributed by atoms with E-state index in [0.29, 0.717) is 21.7 Å². The summed E-state index contributed by atoms with van der Waals surface area (Å²) < 4.78 is 0. The maximum absolute atomic E-state index is 11.2. The molecule has 0 fully saturated rings. The fourth-order valence-electron chi connectivity index (χ4n) is 2.79. The zero-order valence-corrected chi connectivity index (χ0v) is 16.4. The summed E-state index contributed by atoms with van der Waals surface area (Å²) in [5, 5.41) is 31.2. The van der Waals surface area contributed by atoms with Crippen LogP contribution in [0.15, 0.2) is 53.6 Å². The molecule has 0 unspecified atom stereocenters. The normalized spacial score (nSPS) is 10.2. The minimum Gasteiger partial charge on any atom is -0.383 e. The maximum Gasteiger partial charge on any atom is 0.273 e. The third-order valence-electron chi connectivity index (χ3n) is 4.11. The highest BCUT2D eigenvalue weighted by Crippen LogP contribution is 2.39. The number of thioether (sulfide) groups is 1. The van der Waals surface area contributed by atoms with Crippen LogP contribution in [-0.2, 0) is 5.75 Å². The van der Waals surface area contributed by atoms with Crippen LogP contribution < -0.4 is 5.73 Å². The summed E-state index contributed by atoms with van der Waals surface area (Å²) in [6, 6.07) is 17.2. The van der Waals surface area contributed by atoms with Crippen LogP contribution in [0.25, 0.3) is 11.1 Å². The van der Waals surface area contributed by atoms with Crippen molar-refractivity contribution in [2.24, 2.45) is 0 Å². The monoisotopic (exact) mass is 421 g/mol. The van der Waals surface area contributed by atoms with Crippen molar-refractivity contribution in [1.82, 2.24) is 4.98 Å². The summed E-state index contributed by atoms with van der Waals surface area (Å²) in [6.07, 6.45) is 0. The average Bonchev–Trinajstić information content (AvgIpc) is 2.72. The second-order valence-corrected chi connectivity index (χ2v) is 7.18. The van der Waals surface area contributed by atoms with E-state index in [-0.39, 0.29) is 33.4 Å². The molecular formula is C20H12ClN5O2S. The zero-order valence-electron chi connectivity index (χ0n) is 14.8. The van der Waals surface area contributed by atoms with Gasteiger partial charge in [0, 0.05) is 33.5 Å². The third kappa shape index (κ3) is 3.99. The van der Waals surface area contributed by atoms with Gasteiger partial charge in [-0.05, 0) is 6.07 Å². The van der Waals surface area contributed by atoms with E-state index in [4.69, 9.17) is 17.3 Å². The molecule has 0 saturated heterocycles. The van der Waals surface area contributed by atoms with Crippen molar-refractivity contribution in [3.8, 4) is 23.3 Å². The number of benzene rings is 2. The van der Waals surface area contributed by atoms with Crippen molar-refractivity contribution in [3.05, 3.63) is 80.4 Å². The van der Waals surface area contributed by atoms with E-state index in [0.717, 1.165) is 11.8 Å². The van der Waals surface area contributed by atoms with Gasteiger partial charge >= 0.3 is 0 Å². The Morgan fingerprint density at radius 3 is 2.41 bits per heavy atom. The van der Waals surface area contributed by atoms with Crippen LogP contribution in [0.4, 0.5) is 11.5 Å². The number of nitrogens with zero attached hydrogens (tertiary/aromatic N) is 4. The summed E-state index contributed by atoms with van der Waals surface area (Å²) in [7, 11) is 0. The highest BCUT2D eigenvalue weighted by atomic mass is 35.5. The van der Waals surface area contributed by atoms with Gasteiger partial charge in [-0.3, -0.25) is 10.1 Å². The lowest BCUT2D eigenvalue weighted by Gasteiger charge is -2.14. The molecule has 2 N–H and O–H groups in total. The number of rotatable bonds is 5. The summed E-state index contributed by atoms with van der Waals surface area (Å²) in [5.74, 6) is 0.165. The first-order valence-corrected chi connectivity index (χ1v) is 9.58. The quantitative estimate of drug-likeness (QED) is 0.351. The Balaban J connectivity index is 2.13. The number of aromatic nitrogens is 1. The van der Waals surface area contributed by atoms with Crippen LogP contribution >= 0.6 is 23.4 Å². The first-order valence-electron chi connectivity index (χ1n) is 8.21. The molecule has 3 aromatic rings. The molecule has 0 atom stereocenters. The second-order valence-electron chi connectivity index (χ2n) is 5.81. The van der Waals surface area contributed by atoms with E-state index in [1.54, 1.807) is 42.5 Å². The molecule has 0 aliphatic carbocycles. The lowest BCUT2D eigenvalue weighted by molar-refractivity contribution is -0.385. The third-order valence-corrected chi connectivity index (χ3v) is 5.47. The number of nitriles is 2. The first-order chi connectivity index (χ1) is 14.0. The van der Waals surface area contributed by atoms with Crippen LogP contribution in [0.5, 0.6) is 0 Å². The summed E-state index contributed by atoms with van der Waals surface area (Å²) in [4.78, 5) is 15.0. The molecule has 0 amide bonds. The van der Waals surface area contributed by atoms with Crippen molar-refractivity contribution in [1.29, 1.82) is 10.5 Å². The highest BCUT2D eigenvalue weighted by molar-refractivity contribution is 7.98. The predicted octanol–water partition coefficient (Wildman–Crippen LogP) is 4.93. The molecule has 0 spiro atoms. The Labute approximate surface area is 175 Å². The van der Waals surface area contributed by atoms with Crippen LogP contribution in [0, 0.1) is 32.8 Å². The van der Waals surface area contributed by atoms with Crippen molar-refractivity contribution in [2.45, 2.75) is 10.8 Å². The molecular weight excluding hydrogens is 410 g/mol. The van der Waals surface area contributed by atoms with E-state index in [1.165, 1.54) is 6.07 Å².